The van der Waals surface area contributed by atoms with Gasteiger partial charge in [0, 0.05) is 10.7 Å². The monoisotopic (exact) mass is 171 g/mol. The molecule has 1 nitrogen and oxygen atoms in total. The number of allylic oxidation sites excluding steroid dienone is 4. The van der Waals surface area contributed by atoms with E-state index in [0.29, 0.717) is 0 Å². The van der Waals surface area contributed by atoms with Gasteiger partial charge in [0.1, 0.15) is 0 Å². The number of hydrogen-bond donors (Lipinski definition) is 1. The van der Waals surface area contributed by atoms with E-state index in [1.165, 1.54) is 0 Å². The topological polar surface area (TPSA) is 26.0 Å². The third kappa shape index (κ3) is 3.89. The van der Waals surface area contributed by atoms with Gasteiger partial charge < -0.3 is 5.73 Å². The second-order valence-corrected chi connectivity index (χ2v) is 2.82. The summed E-state index contributed by atoms with van der Waals surface area (Å²) >= 11 is 5.69. The van der Waals surface area contributed by atoms with Gasteiger partial charge in [-0.05, 0) is 32.4 Å². The van der Waals surface area contributed by atoms with E-state index in [2.05, 4.69) is 0 Å². The molecule has 0 amide bonds. The third-order valence-corrected chi connectivity index (χ3v) is 1.42. The fourth-order valence-electron chi connectivity index (χ4n) is 0.714. The van der Waals surface area contributed by atoms with Crippen LogP contribution >= 0.6 is 11.6 Å². The first-order valence-corrected chi connectivity index (χ1v) is 3.92. The second-order valence-electron chi connectivity index (χ2n) is 2.22. The summed E-state index contributed by atoms with van der Waals surface area (Å²) in [6, 6.07) is 0. The first kappa shape index (κ1) is 10.3. The van der Waals surface area contributed by atoms with Crippen LogP contribution in [0.3, 0.4) is 0 Å². The molecule has 0 aromatic heterocycles. The molecule has 2 N–H and O–H groups in total. The lowest BCUT2D eigenvalue weighted by Crippen LogP contribution is -1.98. The molecule has 0 aliphatic carbocycles. The molecule has 0 radical (unpaired) electrons. The molecule has 0 spiro atoms. The van der Waals surface area contributed by atoms with Crippen LogP contribution in [-0.4, -0.2) is 0 Å². The van der Waals surface area contributed by atoms with Gasteiger partial charge in [-0.3, -0.25) is 0 Å². The lowest BCUT2D eigenvalue weighted by Gasteiger charge is -2.00. The minimum Gasteiger partial charge on any atom is -0.399 e. The van der Waals surface area contributed by atoms with Gasteiger partial charge in [-0.2, -0.15) is 0 Å². The van der Waals surface area contributed by atoms with Crippen LogP contribution in [0.25, 0.3) is 0 Å². The summed E-state index contributed by atoms with van der Waals surface area (Å²) in [4.78, 5) is 0. The van der Waals surface area contributed by atoms with Crippen molar-refractivity contribution in [2.24, 2.45) is 5.73 Å². The molecule has 62 valence electrons. The highest BCUT2D eigenvalue weighted by Gasteiger charge is 1.93. The van der Waals surface area contributed by atoms with Crippen LogP contribution in [0.1, 0.15) is 20.8 Å². The van der Waals surface area contributed by atoms with Crippen molar-refractivity contribution in [2.75, 3.05) is 0 Å². The molecule has 0 heterocycles. The fourth-order valence-corrected chi connectivity index (χ4v) is 0.832. The molecule has 0 aliphatic heterocycles. The Labute approximate surface area is 73.2 Å². The molecule has 11 heavy (non-hydrogen) atoms. The number of rotatable bonds is 2. The summed E-state index contributed by atoms with van der Waals surface area (Å²) in [5, 5.41) is 0.739. The Kier molecular flexibility index (Phi) is 4.71. The van der Waals surface area contributed by atoms with E-state index < -0.39 is 0 Å². The number of halogens is 1. The molecule has 0 atom stereocenters. The van der Waals surface area contributed by atoms with Crippen LogP contribution < -0.4 is 5.73 Å². The average Bonchev–Trinajstić information content (AvgIpc) is 1.98. The van der Waals surface area contributed by atoms with E-state index in [1.807, 2.05) is 39.0 Å². The molecule has 0 rings (SSSR count). The highest BCUT2D eigenvalue weighted by Crippen LogP contribution is 2.10. The van der Waals surface area contributed by atoms with E-state index >= 15 is 0 Å². The standard InChI is InChI=1S/C9H14ClN/c1-4-8(6-7(3)10)9(11)5-2/h4-6H,11H2,1-3H3/b7-6-,8-4-,9-5+. The van der Waals surface area contributed by atoms with Gasteiger partial charge in [-0.15, -0.1) is 0 Å². The van der Waals surface area contributed by atoms with E-state index in [1.54, 1.807) is 0 Å². The van der Waals surface area contributed by atoms with Gasteiger partial charge in [-0.25, -0.2) is 0 Å². The summed E-state index contributed by atoms with van der Waals surface area (Å²) in [7, 11) is 0. The molecular weight excluding hydrogens is 158 g/mol. The van der Waals surface area contributed by atoms with E-state index in [-0.39, 0.29) is 0 Å². The van der Waals surface area contributed by atoms with Crippen LogP contribution in [0.5, 0.6) is 0 Å². The fraction of sp³-hybridized carbons (Fsp3) is 0.333. The maximum Gasteiger partial charge on any atom is 0.0341 e. The van der Waals surface area contributed by atoms with Crippen molar-refractivity contribution in [2.45, 2.75) is 20.8 Å². The van der Waals surface area contributed by atoms with Crippen molar-refractivity contribution in [1.29, 1.82) is 0 Å². The first-order valence-electron chi connectivity index (χ1n) is 3.54. The minimum absolute atomic E-state index is 0.739. The Morgan fingerprint density at radius 3 is 2.09 bits per heavy atom. The molecule has 0 saturated heterocycles. The van der Waals surface area contributed by atoms with Gasteiger partial charge in [0.05, 0.1) is 0 Å². The summed E-state index contributed by atoms with van der Waals surface area (Å²) in [6.45, 7) is 5.66. The zero-order valence-electron chi connectivity index (χ0n) is 7.19. The molecule has 0 aromatic carbocycles. The third-order valence-electron chi connectivity index (χ3n) is 1.31. The van der Waals surface area contributed by atoms with E-state index in [0.717, 1.165) is 16.3 Å². The van der Waals surface area contributed by atoms with Crippen molar-refractivity contribution in [3.63, 3.8) is 0 Å². The van der Waals surface area contributed by atoms with Crippen LogP contribution in [-0.2, 0) is 0 Å². The van der Waals surface area contributed by atoms with Gasteiger partial charge in [0.2, 0.25) is 0 Å². The zero-order valence-corrected chi connectivity index (χ0v) is 7.94. The summed E-state index contributed by atoms with van der Waals surface area (Å²) in [6.07, 6.45) is 5.63. The molecule has 0 aliphatic rings. The van der Waals surface area contributed by atoms with Crippen LogP contribution in [0.4, 0.5) is 0 Å². The summed E-state index contributed by atoms with van der Waals surface area (Å²) in [5.41, 5.74) is 7.39. The minimum atomic E-state index is 0.739. The molecule has 2 heteroatoms. The predicted octanol–water partition coefficient (Wildman–Crippen LogP) is 2.94. The Morgan fingerprint density at radius 1 is 1.27 bits per heavy atom. The van der Waals surface area contributed by atoms with Crippen molar-refractivity contribution in [3.05, 3.63) is 34.5 Å². The Morgan fingerprint density at radius 2 is 1.82 bits per heavy atom. The maximum absolute atomic E-state index is 5.69. The Hall–Kier alpha value is -0.690. The predicted molar refractivity (Wildman–Crippen MR) is 51.3 cm³/mol. The van der Waals surface area contributed by atoms with Gasteiger partial charge in [0.25, 0.3) is 0 Å². The zero-order chi connectivity index (χ0) is 8.85. The van der Waals surface area contributed by atoms with Crippen molar-refractivity contribution in [3.8, 4) is 0 Å². The second kappa shape index (κ2) is 5.03. The smallest absolute Gasteiger partial charge is 0.0341 e. The number of nitrogens with two attached hydrogens (primary N) is 1. The van der Waals surface area contributed by atoms with E-state index in [4.69, 9.17) is 17.3 Å². The highest BCUT2D eigenvalue weighted by molar-refractivity contribution is 6.29. The lowest BCUT2D eigenvalue weighted by molar-refractivity contribution is 1.31. The lowest BCUT2D eigenvalue weighted by atomic mass is 10.1. The van der Waals surface area contributed by atoms with E-state index in [9.17, 15) is 0 Å². The Balaban J connectivity index is 4.59. The van der Waals surface area contributed by atoms with Crippen LogP contribution in [0.15, 0.2) is 34.5 Å². The summed E-state index contributed by atoms with van der Waals surface area (Å²) in [5.74, 6) is 0. The molecule has 0 fully saturated rings. The normalized spacial score (nSPS) is 15.5. The summed E-state index contributed by atoms with van der Waals surface area (Å²) < 4.78 is 0. The van der Waals surface area contributed by atoms with Gasteiger partial charge in [-0.1, -0.05) is 23.8 Å². The van der Waals surface area contributed by atoms with Crippen molar-refractivity contribution >= 4 is 11.6 Å². The number of hydrogen-bond acceptors (Lipinski definition) is 1. The molecule has 0 bridgehead atoms. The quantitative estimate of drug-likeness (QED) is 0.636. The maximum atomic E-state index is 5.69. The van der Waals surface area contributed by atoms with Gasteiger partial charge >= 0.3 is 0 Å². The van der Waals surface area contributed by atoms with Gasteiger partial charge in [0.15, 0.2) is 0 Å². The molecular formula is C9H14ClN. The Bertz CT molecular complexity index is 208. The average molecular weight is 172 g/mol. The largest absolute Gasteiger partial charge is 0.399 e. The van der Waals surface area contributed by atoms with Crippen LogP contribution in [0.2, 0.25) is 0 Å². The van der Waals surface area contributed by atoms with Crippen molar-refractivity contribution in [1.82, 2.24) is 0 Å². The highest BCUT2D eigenvalue weighted by atomic mass is 35.5. The SMILES string of the molecule is C/C=C(/C=C(/C)Cl)C(\N)=C/C. The molecule has 0 aromatic rings. The molecule has 0 saturated carbocycles. The first-order chi connectivity index (χ1) is 5.11. The van der Waals surface area contributed by atoms with Crippen LogP contribution in [0, 0.1) is 0 Å². The van der Waals surface area contributed by atoms with Crippen molar-refractivity contribution < 1.29 is 0 Å². The molecule has 0 unspecified atom stereocenters.